The Morgan fingerprint density at radius 3 is 2.30 bits per heavy atom. The van der Waals surface area contributed by atoms with Gasteiger partial charge in [0.25, 0.3) is 11.8 Å². The minimum atomic E-state index is -0.538. The third kappa shape index (κ3) is 3.90. The van der Waals surface area contributed by atoms with Gasteiger partial charge in [0.1, 0.15) is 6.54 Å². The molecule has 0 bridgehead atoms. The van der Waals surface area contributed by atoms with E-state index >= 15 is 0 Å². The van der Waals surface area contributed by atoms with Crippen LogP contribution in [-0.4, -0.2) is 41.1 Å². The van der Waals surface area contributed by atoms with Crippen LogP contribution in [0.2, 0.25) is 5.02 Å². The molecule has 2 aliphatic heterocycles. The monoisotopic (exact) mass is 513 g/mol. The molecule has 2 heterocycles. The van der Waals surface area contributed by atoms with Gasteiger partial charge in [0.05, 0.1) is 35.0 Å². The quantitative estimate of drug-likeness (QED) is 0.474. The molecule has 0 aromatic heterocycles. The summed E-state index contributed by atoms with van der Waals surface area (Å²) >= 11 is 6.04. The highest BCUT2D eigenvalue weighted by atomic mass is 35.5. The molecule has 7 nitrogen and oxygen atoms in total. The second-order valence-electron chi connectivity index (χ2n) is 9.65. The summed E-state index contributed by atoms with van der Waals surface area (Å²) in [4.78, 5) is 58.2. The highest BCUT2D eigenvalue weighted by Gasteiger charge is 2.47. The number of amides is 4. The number of hydrogen-bond donors (Lipinski definition) is 0. The molecule has 3 aromatic carbocycles. The smallest absolute Gasteiger partial charge is 0.262 e. The van der Waals surface area contributed by atoms with Crippen LogP contribution in [0.1, 0.15) is 45.5 Å². The fourth-order valence-corrected chi connectivity index (χ4v) is 5.97. The Hall–Kier alpha value is -3.97. The van der Waals surface area contributed by atoms with Crippen molar-refractivity contribution in [1.82, 2.24) is 4.90 Å². The van der Waals surface area contributed by atoms with Crippen LogP contribution >= 0.6 is 11.6 Å². The molecule has 4 amide bonds. The van der Waals surface area contributed by atoms with Crippen LogP contribution in [0.4, 0.5) is 11.4 Å². The molecule has 3 aromatic rings. The van der Waals surface area contributed by atoms with E-state index in [1.807, 2.05) is 54.6 Å². The van der Waals surface area contributed by atoms with E-state index in [1.54, 1.807) is 15.9 Å². The lowest BCUT2D eigenvalue weighted by Gasteiger charge is -2.31. The van der Waals surface area contributed by atoms with Crippen LogP contribution in [0.25, 0.3) is 0 Å². The second-order valence-corrected chi connectivity index (χ2v) is 10.1. The largest absolute Gasteiger partial charge is 0.306 e. The predicted molar refractivity (Wildman–Crippen MR) is 140 cm³/mol. The van der Waals surface area contributed by atoms with Gasteiger partial charge in [-0.05, 0) is 48.7 Å². The van der Waals surface area contributed by atoms with E-state index in [2.05, 4.69) is 0 Å². The van der Waals surface area contributed by atoms with Crippen molar-refractivity contribution in [3.63, 3.8) is 0 Å². The predicted octanol–water partition coefficient (Wildman–Crippen LogP) is 4.68. The van der Waals surface area contributed by atoms with Gasteiger partial charge in [-0.1, -0.05) is 60.5 Å². The zero-order chi connectivity index (χ0) is 25.7. The van der Waals surface area contributed by atoms with Gasteiger partial charge < -0.3 is 9.80 Å². The van der Waals surface area contributed by atoms with Gasteiger partial charge in [-0.2, -0.15) is 0 Å². The molecular formula is C29H24ClN3O4. The first-order valence-corrected chi connectivity index (χ1v) is 12.7. The maximum atomic E-state index is 13.9. The summed E-state index contributed by atoms with van der Waals surface area (Å²) in [5.41, 5.74) is 2.69. The van der Waals surface area contributed by atoms with Gasteiger partial charge in [0, 0.05) is 11.1 Å². The molecule has 3 aliphatic rings. The van der Waals surface area contributed by atoms with Crippen LogP contribution in [0, 0.1) is 5.92 Å². The number of halogens is 1. The van der Waals surface area contributed by atoms with Crippen molar-refractivity contribution in [3.8, 4) is 0 Å². The number of benzene rings is 3. The lowest BCUT2D eigenvalue weighted by atomic mass is 10.0. The molecule has 2 atom stereocenters. The Morgan fingerprint density at radius 1 is 0.811 bits per heavy atom. The van der Waals surface area contributed by atoms with Gasteiger partial charge in [0.2, 0.25) is 11.8 Å². The summed E-state index contributed by atoms with van der Waals surface area (Å²) in [6.45, 7) is -0.0184. The van der Waals surface area contributed by atoms with Gasteiger partial charge >= 0.3 is 0 Å². The number of para-hydroxylation sites is 2. The Bertz CT molecular complexity index is 1440. The van der Waals surface area contributed by atoms with Crippen molar-refractivity contribution in [3.05, 3.63) is 94.5 Å². The molecule has 37 heavy (non-hydrogen) atoms. The molecule has 6 rings (SSSR count). The molecule has 8 heteroatoms. The van der Waals surface area contributed by atoms with E-state index in [9.17, 15) is 19.2 Å². The minimum absolute atomic E-state index is 0.00975. The van der Waals surface area contributed by atoms with Crippen LogP contribution in [0.5, 0.6) is 0 Å². The van der Waals surface area contributed by atoms with E-state index in [0.717, 1.165) is 16.9 Å². The Kier molecular flexibility index (Phi) is 5.80. The standard InChI is InChI=1S/C29H24ClN3O4/c30-19-13-14-20-22(15-19)29(37)32(27(20)35)17-26(34)33-23-12-6-9-21(23)28(36)31(16-18-7-2-1-3-8-18)24-10-4-5-11-25(24)33/h1-5,7-8,10-11,13-15,21,23H,6,9,12,16-17H2/t21-,23+/m0/s1. The molecule has 0 spiro atoms. The van der Waals surface area contributed by atoms with E-state index in [4.69, 9.17) is 11.6 Å². The molecule has 1 aliphatic carbocycles. The van der Waals surface area contributed by atoms with Crippen LogP contribution in [-0.2, 0) is 16.1 Å². The SMILES string of the molecule is O=C1c2ccc(Cl)cc2C(=O)N1CC(=O)N1c2ccccc2N(Cc2ccccc2)C(=O)[C@H]2CCC[C@H]21. The Morgan fingerprint density at radius 2 is 1.51 bits per heavy atom. The summed E-state index contributed by atoms with van der Waals surface area (Å²) in [6, 6.07) is 21.3. The first kappa shape index (κ1) is 23.4. The number of carbonyl (C=O) groups excluding carboxylic acids is 4. The number of imide groups is 1. The van der Waals surface area contributed by atoms with Crippen molar-refractivity contribution >= 4 is 46.6 Å². The fourth-order valence-electron chi connectivity index (χ4n) is 5.80. The molecule has 0 saturated heterocycles. The fraction of sp³-hybridized carbons (Fsp3) is 0.241. The van der Waals surface area contributed by atoms with Crippen LogP contribution in [0.3, 0.4) is 0 Å². The molecule has 0 unspecified atom stereocenters. The number of rotatable bonds is 4. The lowest BCUT2D eigenvalue weighted by molar-refractivity contribution is -0.123. The molecule has 0 N–H and O–H groups in total. The van der Waals surface area contributed by atoms with Crippen molar-refractivity contribution in [2.24, 2.45) is 5.92 Å². The zero-order valence-electron chi connectivity index (χ0n) is 20.0. The second kappa shape index (κ2) is 9.16. The van der Waals surface area contributed by atoms with E-state index < -0.39 is 18.4 Å². The van der Waals surface area contributed by atoms with Gasteiger partial charge in [-0.25, -0.2) is 0 Å². The van der Waals surface area contributed by atoms with E-state index in [1.165, 1.54) is 12.1 Å². The highest BCUT2D eigenvalue weighted by molar-refractivity contribution is 6.32. The average molecular weight is 514 g/mol. The number of hydrogen-bond acceptors (Lipinski definition) is 4. The minimum Gasteiger partial charge on any atom is -0.306 e. The Balaban J connectivity index is 1.37. The van der Waals surface area contributed by atoms with Gasteiger partial charge in [-0.15, -0.1) is 0 Å². The third-order valence-corrected chi connectivity index (χ3v) is 7.74. The van der Waals surface area contributed by atoms with Gasteiger partial charge in [0.15, 0.2) is 0 Å². The lowest BCUT2D eigenvalue weighted by Crippen LogP contribution is -2.49. The summed E-state index contributed by atoms with van der Waals surface area (Å²) in [6.07, 6.45) is 2.17. The normalized spacial score (nSPS) is 20.6. The molecule has 1 fully saturated rings. The molecule has 186 valence electrons. The summed E-state index contributed by atoms with van der Waals surface area (Å²) in [5, 5.41) is 0.348. The van der Waals surface area contributed by atoms with Crippen molar-refractivity contribution < 1.29 is 19.2 Å². The van der Waals surface area contributed by atoms with Crippen LogP contribution in [0.15, 0.2) is 72.8 Å². The van der Waals surface area contributed by atoms with E-state index in [0.29, 0.717) is 35.8 Å². The number of carbonyl (C=O) groups is 4. The number of nitrogens with zero attached hydrogens (tertiary/aromatic N) is 3. The summed E-state index contributed by atoms with van der Waals surface area (Å²) in [5.74, 6) is -1.81. The summed E-state index contributed by atoms with van der Waals surface area (Å²) in [7, 11) is 0. The third-order valence-electron chi connectivity index (χ3n) is 7.50. The topological polar surface area (TPSA) is 78.0 Å². The van der Waals surface area contributed by atoms with E-state index in [-0.39, 0.29) is 34.9 Å². The molecular weight excluding hydrogens is 490 g/mol. The zero-order valence-corrected chi connectivity index (χ0v) is 20.7. The first-order valence-electron chi connectivity index (χ1n) is 12.4. The summed E-state index contributed by atoms with van der Waals surface area (Å²) < 4.78 is 0. The maximum Gasteiger partial charge on any atom is 0.262 e. The highest BCUT2D eigenvalue weighted by Crippen LogP contribution is 2.43. The number of fused-ring (bicyclic) bond motifs is 3. The van der Waals surface area contributed by atoms with Crippen LogP contribution < -0.4 is 9.80 Å². The molecule has 0 radical (unpaired) electrons. The van der Waals surface area contributed by atoms with Crippen molar-refractivity contribution in [2.75, 3.05) is 16.3 Å². The first-order chi connectivity index (χ1) is 17.9. The van der Waals surface area contributed by atoms with Crippen molar-refractivity contribution in [2.45, 2.75) is 31.8 Å². The molecule has 1 saturated carbocycles. The number of anilines is 2. The maximum absolute atomic E-state index is 13.9. The van der Waals surface area contributed by atoms with Gasteiger partial charge in [-0.3, -0.25) is 24.1 Å². The van der Waals surface area contributed by atoms with Crippen molar-refractivity contribution in [1.29, 1.82) is 0 Å². The Labute approximate surface area is 219 Å². The average Bonchev–Trinajstić information content (AvgIpc) is 3.45.